The van der Waals surface area contributed by atoms with Crippen molar-refractivity contribution in [1.82, 2.24) is 0 Å². The average Bonchev–Trinajstić information content (AvgIpc) is 2.70. The monoisotopic (exact) mass is 233 g/mol. The Balaban J connectivity index is 2.05. The zero-order valence-corrected chi connectivity index (χ0v) is 9.43. The molecule has 0 saturated carbocycles. The molecule has 0 amide bonds. The van der Waals surface area contributed by atoms with Crippen LogP contribution in [0.5, 0.6) is 0 Å². The fourth-order valence-electron chi connectivity index (χ4n) is 1.88. The van der Waals surface area contributed by atoms with Crippen molar-refractivity contribution in [3.8, 4) is 0 Å². The average molecular weight is 233 g/mol. The number of nitrogens with two attached hydrogens (primary N) is 1. The highest BCUT2D eigenvalue weighted by molar-refractivity contribution is 5.80. The van der Waals surface area contributed by atoms with Crippen molar-refractivity contribution in [2.75, 3.05) is 0 Å². The predicted molar refractivity (Wildman–Crippen MR) is 64.8 cm³/mol. The molecule has 2 rings (SSSR count). The van der Waals surface area contributed by atoms with Gasteiger partial charge < -0.3 is 15.3 Å². The van der Waals surface area contributed by atoms with Gasteiger partial charge in [-0.15, -0.1) is 0 Å². The molecule has 0 saturated heterocycles. The summed E-state index contributed by atoms with van der Waals surface area (Å²) in [4.78, 5) is 10.4. The van der Waals surface area contributed by atoms with Crippen LogP contribution in [-0.4, -0.2) is 17.1 Å². The van der Waals surface area contributed by atoms with Crippen LogP contribution in [-0.2, 0) is 11.2 Å². The van der Waals surface area contributed by atoms with Crippen LogP contribution in [0.3, 0.4) is 0 Å². The highest BCUT2D eigenvalue weighted by Crippen LogP contribution is 2.22. The lowest BCUT2D eigenvalue weighted by Gasteiger charge is -2.08. The Morgan fingerprint density at radius 3 is 2.94 bits per heavy atom. The summed E-state index contributed by atoms with van der Waals surface area (Å²) in [5.41, 5.74) is 7.78. The van der Waals surface area contributed by atoms with Crippen molar-refractivity contribution in [3.05, 3.63) is 36.1 Å². The van der Waals surface area contributed by atoms with Gasteiger partial charge in [-0.25, -0.2) is 0 Å². The Hall–Kier alpha value is -1.81. The fraction of sp³-hybridized carbons (Fsp3) is 0.308. The van der Waals surface area contributed by atoms with E-state index in [1.807, 2.05) is 24.3 Å². The Bertz CT molecular complexity index is 518. The Labute approximate surface area is 99.0 Å². The molecular weight excluding hydrogens is 218 g/mol. The smallest absolute Gasteiger partial charge is 0.303 e. The predicted octanol–water partition coefficient (Wildman–Crippen LogP) is 2.17. The Kier molecular flexibility index (Phi) is 3.44. The molecule has 1 unspecified atom stereocenters. The summed E-state index contributed by atoms with van der Waals surface area (Å²) in [6.07, 6.45) is 2.93. The highest BCUT2D eigenvalue weighted by atomic mass is 16.4. The Morgan fingerprint density at radius 1 is 1.41 bits per heavy atom. The normalized spacial score (nSPS) is 12.8. The summed E-state index contributed by atoms with van der Waals surface area (Å²) >= 11 is 0. The molecule has 90 valence electrons. The molecule has 1 heterocycles. The van der Waals surface area contributed by atoms with E-state index in [-0.39, 0.29) is 12.5 Å². The first-order valence-corrected chi connectivity index (χ1v) is 5.59. The van der Waals surface area contributed by atoms with Crippen LogP contribution in [0.15, 0.2) is 34.9 Å². The molecular formula is C13H15NO3. The van der Waals surface area contributed by atoms with Crippen molar-refractivity contribution >= 4 is 16.9 Å². The number of furan rings is 1. The number of hydrogen-bond donors (Lipinski definition) is 2. The molecule has 1 aromatic carbocycles. The van der Waals surface area contributed by atoms with Crippen molar-refractivity contribution in [2.24, 2.45) is 5.73 Å². The van der Waals surface area contributed by atoms with Crippen LogP contribution in [0, 0.1) is 0 Å². The molecule has 0 fully saturated rings. The molecule has 3 N–H and O–H groups in total. The van der Waals surface area contributed by atoms with Crippen LogP contribution in [0.25, 0.3) is 11.0 Å². The second-order valence-electron chi connectivity index (χ2n) is 4.15. The van der Waals surface area contributed by atoms with E-state index in [9.17, 15) is 4.79 Å². The maximum absolute atomic E-state index is 10.4. The Morgan fingerprint density at radius 2 is 2.18 bits per heavy atom. The van der Waals surface area contributed by atoms with E-state index in [2.05, 4.69) is 0 Å². The number of hydrogen-bond acceptors (Lipinski definition) is 3. The molecule has 0 radical (unpaired) electrons. The quantitative estimate of drug-likeness (QED) is 0.829. The molecule has 0 bridgehead atoms. The van der Waals surface area contributed by atoms with E-state index in [4.69, 9.17) is 15.3 Å². The molecule has 0 spiro atoms. The van der Waals surface area contributed by atoms with Crippen LogP contribution in [0.1, 0.15) is 18.4 Å². The van der Waals surface area contributed by atoms with Crippen LogP contribution in [0.4, 0.5) is 0 Å². The number of para-hydroxylation sites is 1. The van der Waals surface area contributed by atoms with E-state index in [0.717, 1.165) is 16.5 Å². The summed E-state index contributed by atoms with van der Waals surface area (Å²) in [7, 11) is 0. The molecule has 17 heavy (non-hydrogen) atoms. The van der Waals surface area contributed by atoms with Crippen molar-refractivity contribution in [1.29, 1.82) is 0 Å². The van der Waals surface area contributed by atoms with Gasteiger partial charge in [-0.05, 0) is 24.5 Å². The van der Waals surface area contributed by atoms with E-state index >= 15 is 0 Å². The third-order valence-electron chi connectivity index (χ3n) is 2.77. The van der Waals surface area contributed by atoms with Gasteiger partial charge in [0.2, 0.25) is 0 Å². The molecule has 1 atom stereocenters. The van der Waals surface area contributed by atoms with Gasteiger partial charge in [-0.2, -0.15) is 0 Å². The lowest BCUT2D eigenvalue weighted by Crippen LogP contribution is -2.23. The van der Waals surface area contributed by atoms with Gasteiger partial charge in [0.15, 0.2) is 0 Å². The molecule has 1 aromatic heterocycles. The molecule has 0 aliphatic carbocycles. The SMILES string of the molecule is NC(CCC(=O)O)Cc1coc2ccccc12. The lowest BCUT2D eigenvalue weighted by molar-refractivity contribution is -0.137. The van der Waals surface area contributed by atoms with E-state index in [1.54, 1.807) is 6.26 Å². The van der Waals surface area contributed by atoms with E-state index in [1.165, 1.54) is 0 Å². The van der Waals surface area contributed by atoms with Crippen molar-refractivity contribution < 1.29 is 14.3 Å². The topological polar surface area (TPSA) is 76.5 Å². The number of rotatable bonds is 5. The summed E-state index contributed by atoms with van der Waals surface area (Å²) < 4.78 is 5.40. The first-order chi connectivity index (χ1) is 8.16. The van der Waals surface area contributed by atoms with Gasteiger partial charge in [0.25, 0.3) is 0 Å². The number of fused-ring (bicyclic) bond motifs is 1. The highest BCUT2D eigenvalue weighted by Gasteiger charge is 2.11. The van der Waals surface area contributed by atoms with Gasteiger partial charge in [0, 0.05) is 17.8 Å². The minimum absolute atomic E-state index is 0.108. The van der Waals surface area contributed by atoms with Gasteiger partial charge in [0.05, 0.1) is 6.26 Å². The number of carboxylic acids is 1. The number of benzene rings is 1. The zero-order chi connectivity index (χ0) is 12.3. The van der Waals surface area contributed by atoms with Gasteiger partial charge >= 0.3 is 5.97 Å². The van der Waals surface area contributed by atoms with E-state index in [0.29, 0.717) is 12.8 Å². The summed E-state index contributed by atoms with van der Waals surface area (Å²) in [5.74, 6) is -0.808. The van der Waals surface area contributed by atoms with Gasteiger partial charge in [0.1, 0.15) is 5.58 Å². The molecule has 2 aromatic rings. The third-order valence-corrected chi connectivity index (χ3v) is 2.77. The second kappa shape index (κ2) is 5.01. The maximum Gasteiger partial charge on any atom is 0.303 e. The second-order valence-corrected chi connectivity index (χ2v) is 4.15. The molecule has 0 aliphatic rings. The minimum atomic E-state index is -0.808. The number of carbonyl (C=O) groups is 1. The summed E-state index contributed by atoms with van der Waals surface area (Å²) in [6.45, 7) is 0. The zero-order valence-electron chi connectivity index (χ0n) is 9.43. The molecule has 4 nitrogen and oxygen atoms in total. The van der Waals surface area contributed by atoms with Crippen molar-refractivity contribution in [3.63, 3.8) is 0 Å². The largest absolute Gasteiger partial charge is 0.481 e. The number of carboxylic acid groups (broad SMARTS) is 1. The van der Waals surface area contributed by atoms with Crippen LogP contribution >= 0.6 is 0 Å². The lowest BCUT2D eigenvalue weighted by atomic mass is 10.0. The van der Waals surface area contributed by atoms with Crippen LogP contribution < -0.4 is 5.73 Å². The fourth-order valence-corrected chi connectivity index (χ4v) is 1.88. The maximum atomic E-state index is 10.4. The van der Waals surface area contributed by atoms with E-state index < -0.39 is 5.97 Å². The summed E-state index contributed by atoms with van der Waals surface area (Å²) in [5, 5.41) is 9.64. The van der Waals surface area contributed by atoms with Crippen LogP contribution in [0.2, 0.25) is 0 Å². The first-order valence-electron chi connectivity index (χ1n) is 5.59. The van der Waals surface area contributed by atoms with Gasteiger partial charge in [-0.1, -0.05) is 18.2 Å². The molecule has 4 heteroatoms. The first kappa shape index (κ1) is 11.7. The molecule has 0 aliphatic heterocycles. The summed E-state index contributed by atoms with van der Waals surface area (Å²) in [6, 6.07) is 7.61. The number of aliphatic carboxylic acids is 1. The third kappa shape index (κ3) is 2.85. The standard InChI is InChI=1S/C13H15NO3/c14-10(5-6-13(15)16)7-9-8-17-12-4-2-1-3-11(9)12/h1-4,8,10H,5-7,14H2,(H,15,16). The minimum Gasteiger partial charge on any atom is -0.481 e. The van der Waals surface area contributed by atoms with Gasteiger partial charge in [-0.3, -0.25) is 4.79 Å². The van der Waals surface area contributed by atoms with Crippen molar-refractivity contribution in [2.45, 2.75) is 25.3 Å².